The first kappa shape index (κ1) is 13.4. The summed E-state index contributed by atoms with van der Waals surface area (Å²) in [5.41, 5.74) is 1.27. The zero-order valence-corrected chi connectivity index (χ0v) is 10.9. The van der Waals surface area contributed by atoms with Crippen LogP contribution >= 0.6 is 0 Å². The van der Waals surface area contributed by atoms with Crippen molar-refractivity contribution in [3.8, 4) is 5.75 Å². The van der Waals surface area contributed by atoms with Crippen molar-refractivity contribution < 1.29 is 14.7 Å². The van der Waals surface area contributed by atoms with Crippen LogP contribution in [0.2, 0.25) is 0 Å². The van der Waals surface area contributed by atoms with Crippen LogP contribution in [0.3, 0.4) is 0 Å². The van der Waals surface area contributed by atoms with Crippen molar-refractivity contribution in [1.29, 1.82) is 0 Å². The Labute approximate surface area is 112 Å². The van der Waals surface area contributed by atoms with Crippen LogP contribution in [0.25, 0.3) is 0 Å². The Kier molecular flexibility index (Phi) is 4.39. The number of oxime groups is 1. The molecule has 0 radical (unpaired) electrons. The molecule has 0 heterocycles. The molecule has 0 bridgehead atoms. The van der Waals surface area contributed by atoms with Crippen molar-refractivity contribution in [3.05, 3.63) is 29.8 Å². The first-order valence-electron chi connectivity index (χ1n) is 6.37. The Morgan fingerprint density at radius 2 is 2.32 bits per heavy atom. The van der Waals surface area contributed by atoms with Crippen molar-refractivity contribution in [2.45, 2.75) is 19.8 Å². The number of rotatable bonds is 6. The van der Waals surface area contributed by atoms with Crippen molar-refractivity contribution in [3.63, 3.8) is 0 Å². The maximum absolute atomic E-state index is 11.5. The van der Waals surface area contributed by atoms with Gasteiger partial charge in [-0.2, -0.15) is 0 Å². The minimum atomic E-state index is -0.107. The zero-order valence-electron chi connectivity index (χ0n) is 10.9. The van der Waals surface area contributed by atoms with Crippen LogP contribution in [-0.2, 0) is 4.79 Å². The summed E-state index contributed by atoms with van der Waals surface area (Å²) >= 11 is 0. The number of nitrogens with zero attached hydrogens (tertiary/aromatic N) is 1. The number of benzene rings is 1. The van der Waals surface area contributed by atoms with Gasteiger partial charge in [-0.25, -0.2) is 0 Å². The van der Waals surface area contributed by atoms with Gasteiger partial charge >= 0.3 is 0 Å². The Bertz CT molecular complexity index is 481. The van der Waals surface area contributed by atoms with Gasteiger partial charge in [0, 0.05) is 12.1 Å². The SMILES string of the molecule is C/C(=N\O)c1cccc(OCC(=O)NCC2CC2)c1. The number of hydrogen-bond donors (Lipinski definition) is 2. The summed E-state index contributed by atoms with van der Waals surface area (Å²) in [6.07, 6.45) is 2.42. The van der Waals surface area contributed by atoms with Gasteiger partial charge in [0.15, 0.2) is 6.61 Å². The number of ether oxygens (including phenoxy) is 1. The largest absolute Gasteiger partial charge is 0.484 e. The fourth-order valence-corrected chi connectivity index (χ4v) is 1.65. The molecule has 5 nitrogen and oxygen atoms in total. The molecule has 102 valence electrons. The Balaban J connectivity index is 1.82. The Morgan fingerprint density at radius 1 is 1.53 bits per heavy atom. The van der Waals surface area contributed by atoms with E-state index in [1.165, 1.54) is 12.8 Å². The normalized spacial score (nSPS) is 15.1. The molecule has 2 N–H and O–H groups in total. The summed E-state index contributed by atoms with van der Waals surface area (Å²) in [7, 11) is 0. The lowest BCUT2D eigenvalue weighted by Crippen LogP contribution is -2.30. The lowest BCUT2D eigenvalue weighted by molar-refractivity contribution is -0.123. The molecule has 5 heteroatoms. The molecule has 0 spiro atoms. The van der Waals surface area contributed by atoms with Crippen molar-refractivity contribution in [2.75, 3.05) is 13.2 Å². The van der Waals surface area contributed by atoms with E-state index in [0.29, 0.717) is 17.4 Å². The molecular weight excluding hydrogens is 244 g/mol. The molecular formula is C14H18N2O3. The van der Waals surface area contributed by atoms with Crippen LogP contribution in [0.1, 0.15) is 25.3 Å². The summed E-state index contributed by atoms with van der Waals surface area (Å²) in [6, 6.07) is 7.11. The second-order valence-electron chi connectivity index (χ2n) is 4.75. The molecule has 0 aromatic heterocycles. The van der Waals surface area contributed by atoms with Gasteiger partial charge in [-0.05, 0) is 37.8 Å². The smallest absolute Gasteiger partial charge is 0.257 e. The van der Waals surface area contributed by atoms with E-state index in [2.05, 4.69) is 10.5 Å². The van der Waals surface area contributed by atoms with Gasteiger partial charge in [0.2, 0.25) is 0 Å². The summed E-state index contributed by atoms with van der Waals surface area (Å²) in [5, 5.41) is 14.7. The van der Waals surface area contributed by atoms with E-state index < -0.39 is 0 Å². The molecule has 1 fully saturated rings. The van der Waals surface area contributed by atoms with Crippen LogP contribution in [-0.4, -0.2) is 30.0 Å². The fourth-order valence-electron chi connectivity index (χ4n) is 1.65. The number of carbonyl (C=O) groups is 1. The van der Waals surface area contributed by atoms with Gasteiger partial charge in [-0.3, -0.25) is 4.79 Å². The third-order valence-electron chi connectivity index (χ3n) is 3.06. The molecule has 1 aromatic carbocycles. The van der Waals surface area contributed by atoms with E-state index in [1.54, 1.807) is 25.1 Å². The minimum absolute atomic E-state index is 0.00545. The second-order valence-corrected chi connectivity index (χ2v) is 4.75. The first-order chi connectivity index (χ1) is 9.19. The topological polar surface area (TPSA) is 70.9 Å². The predicted molar refractivity (Wildman–Crippen MR) is 71.7 cm³/mol. The molecule has 2 rings (SSSR count). The number of amides is 1. The highest BCUT2D eigenvalue weighted by Gasteiger charge is 2.21. The molecule has 1 aliphatic rings. The molecule has 1 aromatic rings. The summed E-state index contributed by atoms with van der Waals surface area (Å²) in [5.74, 6) is 1.14. The fraction of sp³-hybridized carbons (Fsp3) is 0.429. The maximum atomic E-state index is 11.5. The lowest BCUT2D eigenvalue weighted by atomic mass is 10.1. The summed E-state index contributed by atoms with van der Waals surface area (Å²) in [4.78, 5) is 11.5. The summed E-state index contributed by atoms with van der Waals surface area (Å²) < 4.78 is 5.41. The van der Waals surface area contributed by atoms with Crippen LogP contribution in [0.5, 0.6) is 5.75 Å². The molecule has 0 saturated heterocycles. The van der Waals surface area contributed by atoms with Gasteiger partial charge < -0.3 is 15.3 Å². The second kappa shape index (κ2) is 6.22. The van der Waals surface area contributed by atoms with E-state index in [4.69, 9.17) is 9.94 Å². The average Bonchev–Trinajstić information content (AvgIpc) is 3.26. The monoisotopic (exact) mass is 262 g/mol. The lowest BCUT2D eigenvalue weighted by Gasteiger charge is -2.08. The third kappa shape index (κ3) is 4.28. The standard InChI is InChI=1S/C14H18N2O3/c1-10(16-18)12-3-2-4-13(7-12)19-9-14(17)15-8-11-5-6-11/h2-4,7,11,18H,5-6,8-9H2,1H3,(H,15,17)/b16-10+. The van der Waals surface area contributed by atoms with Gasteiger partial charge in [0.1, 0.15) is 5.75 Å². The van der Waals surface area contributed by atoms with E-state index in [9.17, 15) is 4.79 Å². The molecule has 0 aliphatic heterocycles. The highest BCUT2D eigenvalue weighted by Crippen LogP contribution is 2.27. The highest BCUT2D eigenvalue weighted by atomic mass is 16.5. The molecule has 1 saturated carbocycles. The van der Waals surface area contributed by atoms with Gasteiger partial charge in [-0.1, -0.05) is 17.3 Å². The molecule has 19 heavy (non-hydrogen) atoms. The quantitative estimate of drug-likeness (QED) is 0.466. The van der Waals surface area contributed by atoms with Crippen LogP contribution < -0.4 is 10.1 Å². The summed E-state index contributed by atoms with van der Waals surface area (Å²) in [6.45, 7) is 2.45. The highest BCUT2D eigenvalue weighted by molar-refractivity contribution is 5.98. The Morgan fingerprint density at radius 3 is 3.00 bits per heavy atom. The van der Waals surface area contributed by atoms with Gasteiger partial charge in [0.25, 0.3) is 5.91 Å². The third-order valence-corrected chi connectivity index (χ3v) is 3.06. The number of carbonyl (C=O) groups excluding carboxylic acids is 1. The number of nitrogens with one attached hydrogen (secondary N) is 1. The van der Waals surface area contributed by atoms with E-state index >= 15 is 0 Å². The van der Waals surface area contributed by atoms with Crippen molar-refractivity contribution >= 4 is 11.6 Å². The van der Waals surface area contributed by atoms with Crippen molar-refractivity contribution in [2.24, 2.45) is 11.1 Å². The molecule has 1 aliphatic carbocycles. The number of hydrogen-bond acceptors (Lipinski definition) is 4. The predicted octanol–water partition coefficient (Wildman–Crippen LogP) is 1.79. The average molecular weight is 262 g/mol. The molecule has 0 unspecified atom stereocenters. The van der Waals surface area contributed by atoms with Gasteiger partial charge in [0.05, 0.1) is 5.71 Å². The minimum Gasteiger partial charge on any atom is -0.484 e. The Hall–Kier alpha value is -2.04. The molecule has 0 atom stereocenters. The molecule has 1 amide bonds. The van der Waals surface area contributed by atoms with E-state index in [1.807, 2.05) is 6.07 Å². The van der Waals surface area contributed by atoms with Crippen LogP contribution in [0, 0.1) is 5.92 Å². The van der Waals surface area contributed by atoms with E-state index in [0.717, 1.165) is 12.1 Å². The maximum Gasteiger partial charge on any atom is 0.257 e. The van der Waals surface area contributed by atoms with Crippen LogP contribution in [0.4, 0.5) is 0 Å². The van der Waals surface area contributed by atoms with Crippen LogP contribution in [0.15, 0.2) is 29.4 Å². The zero-order chi connectivity index (χ0) is 13.7. The van der Waals surface area contributed by atoms with Gasteiger partial charge in [-0.15, -0.1) is 0 Å². The van der Waals surface area contributed by atoms with Crippen molar-refractivity contribution in [1.82, 2.24) is 5.32 Å². The van der Waals surface area contributed by atoms with E-state index in [-0.39, 0.29) is 12.5 Å². The first-order valence-corrected chi connectivity index (χ1v) is 6.37.